The fourth-order valence-electron chi connectivity index (χ4n) is 3.84. The van der Waals surface area contributed by atoms with E-state index in [0.29, 0.717) is 42.3 Å². The number of nitrogens with zero attached hydrogens (tertiary/aromatic N) is 2. The fourth-order valence-corrected chi connectivity index (χ4v) is 3.84. The highest BCUT2D eigenvalue weighted by molar-refractivity contribution is 6.00. The van der Waals surface area contributed by atoms with Gasteiger partial charge in [0.15, 0.2) is 0 Å². The molecule has 0 spiro atoms. The van der Waals surface area contributed by atoms with Gasteiger partial charge in [0.2, 0.25) is 0 Å². The smallest absolute Gasteiger partial charge is 0.273 e. The van der Waals surface area contributed by atoms with Crippen molar-refractivity contribution in [2.24, 2.45) is 0 Å². The Kier molecular flexibility index (Phi) is 5.22. The van der Waals surface area contributed by atoms with Crippen molar-refractivity contribution in [2.45, 2.75) is 12.5 Å². The van der Waals surface area contributed by atoms with Crippen LogP contribution < -0.4 is 4.74 Å². The number of benzene rings is 2. The summed E-state index contributed by atoms with van der Waals surface area (Å²) in [5.41, 5.74) is 3.31. The van der Waals surface area contributed by atoms with E-state index in [-0.39, 0.29) is 17.7 Å². The maximum absolute atomic E-state index is 13.2. The van der Waals surface area contributed by atoms with Crippen molar-refractivity contribution in [1.82, 2.24) is 15.1 Å². The molecule has 7 heteroatoms. The van der Waals surface area contributed by atoms with E-state index in [2.05, 4.69) is 10.2 Å². The van der Waals surface area contributed by atoms with Crippen LogP contribution in [-0.2, 0) is 4.74 Å². The molecule has 4 rings (SSSR count). The molecule has 0 fully saturated rings. The first-order valence-electron chi connectivity index (χ1n) is 9.46. The molecule has 7 nitrogen and oxygen atoms in total. The Bertz CT molecular complexity index is 1030. The van der Waals surface area contributed by atoms with Gasteiger partial charge in [0, 0.05) is 31.4 Å². The number of amides is 1. The van der Waals surface area contributed by atoms with E-state index in [9.17, 15) is 9.90 Å². The van der Waals surface area contributed by atoms with Crippen molar-refractivity contribution >= 4 is 5.91 Å². The summed E-state index contributed by atoms with van der Waals surface area (Å²) < 4.78 is 10.6. The molecule has 0 saturated heterocycles. The number of hydrogen-bond acceptors (Lipinski definition) is 5. The number of fused-ring (bicyclic) bond motifs is 1. The van der Waals surface area contributed by atoms with Crippen molar-refractivity contribution < 1.29 is 19.4 Å². The summed E-state index contributed by atoms with van der Waals surface area (Å²) in [6, 6.07) is 14.4. The predicted molar refractivity (Wildman–Crippen MR) is 108 cm³/mol. The first-order valence-corrected chi connectivity index (χ1v) is 9.46. The number of methoxy groups -OCH3 is 2. The monoisotopic (exact) mass is 393 g/mol. The lowest BCUT2D eigenvalue weighted by atomic mass is 9.95. The van der Waals surface area contributed by atoms with Gasteiger partial charge >= 0.3 is 0 Å². The number of para-hydroxylation sites is 1. The number of hydrogen-bond donors (Lipinski definition) is 2. The van der Waals surface area contributed by atoms with Crippen molar-refractivity contribution in [2.75, 3.05) is 27.4 Å². The average molecular weight is 393 g/mol. The Balaban J connectivity index is 1.85. The number of phenolic OH excluding ortho intramolecular Hbond substituents is 1. The van der Waals surface area contributed by atoms with Crippen LogP contribution in [0.4, 0.5) is 0 Å². The number of aromatic nitrogens is 2. The van der Waals surface area contributed by atoms with Crippen LogP contribution in [0.1, 0.15) is 34.1 Å². The highest BCUT2D eigenvalue weighted by atomic mass is 16.5. The van der Waals surface area contributed by atoms with Gasteiger partial charge in [-0.3, -0.25) is 9.89 Å². The molecule has 1 aliphatic heterocycles. The highest BCUT2D eigenvalue weighted by Gasteiger charge is 2.42. The van der Waals surface area contributed by atoms with Crippen molar-refractivity contribution in [1.29, 1.82) is 0 Å². The molecule has 3 aromatic rings. The van der Waals surface area contributed by atoms with E-state index < -0.39 is 0 Å². The molecule has 29 heavy (non-hydrogen) atoms. The van der Waals surface area contributed by atoms with Crippen LogP contribution in [0.25, 0.3) is 11.3 Å². The molecule has 150 valence electrons. The second-order valence-corrected chi connectivity index (χ2v) is 6.90. The number of ether oxygens (including phenoxy) is 2. The summed E-state index contributed by atoms with van der Waals surface area (Å²) in [5, 5.41) is 17.6. The number of aromatic amines is 1. The minimum Gasteiger partial charge on any atom is -0.507 e. The average Bonchev–Trinajstić information content (AvgIpc) is 3.28. The van der Waals surface area contributed by atoms with Gasteiger partial charge in [-0.25, -0.2) is 0 Å². The molecule has 0 radical (unpaired) electrons. The summed E-state index contributed by atoms with van der Waals surface area (Å²) >= 11 is 0. The van der Waals surface area contributed by atoms with Gasteiger partial charge in [0.1, 0.15) is 22.9 Å². The summed E-state index contributed by atoms with van der Waals surface area (Å²) in [6.07, 6.45) is 0.715. The largest absolute Gasteiger partial charge is 0.507 e. The fraction of sp³-hybridized carbons (Fsp3) is 0.273. The minimum atomic E-state index is -0.335. The van der Waals surface area contributed by atoms with Gasteiger partial charge in [-0.2, -0.15) is 5.10 Å². The van der Waals surface area contributed by atoms with E-state index in [1.54, 1.807) is 32.4 Å². The van der Waals surface area contributed by atoms with Crippen LogP contribution >= 0.6 is 0 Å². The summed E-state index contributed by atoms with van der Waals surface area (Å²) in [7, 11) is 3.26. The van der Waals surface area contributed by atoms with Gasteiger partial charge < -0.3 is 19.5 Å². The van der Waals surface area contributed by atoms with E-state index in [1.165, 1.54) is 0 Å². The molecular formula is C22H23N3O4. The number of carbonyl (C=O) groups excluding carboxylic acids is 1. The first kappa shape index (κ1) is 19.0. The lowest BCUT2D eigenvalue weighted by Gasteiger charge is -2.26. The molecule has 1 aromatic heterocycles. The second kappa shape index (κ2) is 7.97. The standard InChI is InChI=1S/C22H23N3O4/c1-28-12-6-11-25-21(14-7-5-8-15(13-14)29-2)18-19(23-24-20(18)22(25)27)16-9-3-4-10-17(16)26/h3-5,7-10,13,21,26H,6,11-12H2,1-2H3,(H,23,24). The molecule has 0 saturated carbocycles. The third kappa shape index (κ3) is 3.34. The Labute approximate surface area is 168 Å². The maximum atomic E-state index is 13.2. The molecule has 0 bridgehead atoms. The van der Waals surface area contributed by atoms with E-state index in [1.807, 2.05) is 35.2 Å². The molecule has 1 amide bonds. The number of aromatic hydroxyl groups is 1. The quantitative estimate of drug-likeness (QED) is 0.601. The summed E-state index contributed by atoms with van der Waals surface area (Å²) in [5.74, 6) is 0.724. The van der Waals surface area contributed by atoms with Gasteiger partial charge in [-0.1, -0.05) is 24.3 Å². The van der Waals surface area contributed by atoms with Crippen molar-refractivity contribution in [3.63, 3.8) is 0 Å². The molecular weight excluding hydrogens is 370 g/mol. The van der Waals surface area contributed by atoms with Crippen molar-refractivity contribution in [3.05, 3.63) is 65.4 Å². The molecule has 1 atom stereocenters. The zero-order valence-electron chi connectivity index (χ0n) is 16.4. The highest BCUT2D eigenvalue weighted by Crippen LogP contribution is 2.44. The lowest BCUT2D eigenvalue weighted by molar-refractivity contribution is 0.0723. The number of nitrogens with one attached hydrogen (secondary N) is 1. The molecule has 2 N–H and O–H groups in total. The van der Waals surface area contributed by atoms with Crippen LogP contribution in [0, 0.1) is 0 Å². The molecule has 2 aromatic carbocycles. The van der Waals surface area contributed by atoms with E-state index in [0.717, 1.165) is 11.1 Å². The van der Waals surface area contributed by atoms with Crippen molar-refractivity contribution in [3.8, 4) is 22.8 Å². The Morgan fingerprint density at radius 3 is 2.76 bits per heavy atom. The van der Waals surface area contributed by atoms with Crippen LogP contribution in [0.15, 0.2) is 48.5 Å². The van der Waals surface area contributed by atoms with Gasteiger partial charge in [-0.05, 0) is 36.2 Å². The predicted octanol–water partition coefficient (Wildman–Crippen LogP) is 3.37. The number of phenols is 1. The number of rotatable bonds is 7. The Hall–Kier alpha value is -3.32. The minimum absolute atomic E-state index is 0.113. The van der Waals surface area contributed by atoms with Crippen LogP contribution in [0.2, 0.25) is 0 Å². The van der Waals surface area contributed by atoms with Crippen LogP contribution in [0.5, 0.6) is 11.5 Å². The molecule has 1 aliphatic rings. The Morgan fingerprint density at radius 2 is 2.00 bits per heavy atom. The summed E-state index contributed by atoms with van der Waals surface area (Å²) in [4.78, 5) is 15.0. The zero-order chi connectivity index (χ0) is 20.4. The van der Waals surface area contributed by atoms with Crippen LogP contribution in [-0.4, -0.2) is 53.5 Å². The molecule has 1 unspecified atom stereocenters. The Morgan fingerprint density at radius 1 is 1.17 bits per heavy atom. The SMILES string of the molecule is COCCCN1C(=O)c2[nH]nc(-c3ccccc3O)c2C1c1cccc(OC)c1. The third-order valence-electron chi connectivity index (χ3n) is 5.18. The first-order chi connectivity index (χ1) is 14.2. The topological polar surface area (TPSA) is 87.7 Å². The number of carbonyl (C=O) groups is 1. The van der Waals surface area contributed by atoms with E-state index >= 15 is 0 Å². The molecule has 2 heterocycles. The zero-order valence-corrected chi connectivity index (χ0v) is 16.4. The maximum Gasteiger partial charge on any atom is 0.273 e. The number of H-pyrrole nitrogens is 1. The lowest BCUT2D eigenvalue weighted by Crippen LogP contribution is -2.31. The second-order valence-electron chi connectivity index (χ2n) is 6.90. The molecule has 0 aliphatic carbocycles. The van der Waals surface area contributed by atoms with Gasteiger partial charge in [-0.15, -0.1) is 0 Å². The normalized spacial score (nSPS) is 15.6. The third-order valence-corrected chi connectivity index (χ3v) is 5.18. The van der Waals surface area contributed by atoms with E-state index in [4.69, 9.17) is 9.47 Å². The van der Waals surface area contributed by atoms with Gasteiger partial charge in [0.25, 0.3) is 5.91 Å². The van der Waals surface area contributed by atoms with Gasteiger partial charge in [0.05, 0.1) is 13.2 Å². The van der Waals surface area contributed by atoms with Crippen LogP contribution in [0.3, 0.4) is 0 Å². The summed E-state index contributed by atoms with van der Waals surface area (Å²) in [6.45, 7) is 1.10.